The number of hydrogen-bond acceptors (Lipinski definition) is 11. The van der Waals surface area contributed by atoms with E-state index in [2.05, 4.69) is 42.4 Å². The van der Waals surface area contributed by atoms with Crippen molar-refractivity contribution in [2.75, 3.05) is 62.7 Å². The monoisotopic (exact) mass is 588 g/mol. The summed E-state index contributed by atoms with van der Waals surface area (Å²) in [5.74, 6) is 0.817. The van der Waals surface area contributed by atoms with Gasteiger partial charge in [-0.2, -0.15) is 4.98 Å². The lowest BCUT2D eigenvalue weighted by molar-refractivity contribution is 0.0516. The molecular formula is C30H36N8O5. The molecule has 0 aliphatic carbocycles. The molecule has 226 valence electrons. The number of likely N-dealkylation sites (N-methyl/N-ethyl adjacent to an activating group) is 1. The maximum absolute atomic E-state index is 13.1. The van der Waals surface area contributed by atoms with Crippen LogP contribution in [0.25, 0.3) is 16.9 Å². The number of fused-ring (bicyclic) bond motifs is 1. The fourth-order valence-corrected chi connectivity index (χ4v) is 4.60. The number of anilines is 4. The molecular weight excluding hydrogens is 552 g/mol. The molecule has 1 aliphatic rings. The largest absolute Gasteiger partial charge is 0.465 e. The van der Waals surface area contributed by atoms with Crippen LogP contribution in [0.4, 0.5) is 27.8 Å². The van der Waals surface area contributed by atoms with Crippen LogP contribution in [-0.2, 0) is 9.47 Å². The predicted octanol–water partition coefficient (Wildman–Crippen LogP) is 4.00. The molecule has 5 rings (SSSR count). The maximum atomic E-state index is 13.1. The number of methoxy groups -OCH3 is 1. The van der Waals surface area contributed by atoms with Crippen molar-refractivity contribution in [2.45, 2.75) is 26.4 Å². The zero-order valence-corrected chi connectivity index (χ0v) is 25.0. The summed E-state index contributed by atoms with van der Waals surface area (Å²) < 4.78 is 17.8. The van der Waals surface area contributed by atoms with E-state index in [-0.39, 0.29) is 18.4 Å². The SMILES string of the molecule is COCOc1cc(N2CCN(C)CC2)ccc1Nc1ncc2ncc(=O)n(-c3cccc(NC(=O)OC(C)(C)C)c3)c2n1. The van der Waals surface area contributed by atoms with Gasteiger partial charge in [-0.15, -0.1) is 0 Å². The molecule has 2 N–H and O–H groups in total. The Balaban J connectivity index is 1.46. The summed E-state index contributed by atoms with van der Waals surface area (Å²) >= 11 is 0. The van der Waals surface area contributed by atoms with Crippen molar-refractivity contribution in [1.29, 1.82) is 0 Å². The summed E-state index contributed by atoms with van der Waals surface area (Å²) in [4.78, 5) is 43.3. The molecule has 0 radical (unpaired) electrons. The Hall–Kier alpha value is -4.75. The number of amides is 1. The van der Waals surface area contributed by atoms with E-state index < -0.39 is 17.3 Å². The number of ether oxygens (including phenoxy) is 3. The molecule has 13 nitrogen and oxygen atoms in total. The Morgan fingerprint density at radius 1 is 1.00 bits per heavy atom. The highest BCUT2D eigenvalue weighted by Crippen LogP contribution is 2.32. The number of rotatable bonds is 8. The number of carbonyl (C=O) groups is 1. The first-order chi connectivity index (χ1) is 20.6. The molecule has 1 aliphatic heterocycles. The molecule has 0 bridgehead atoms. The van der Waals surface area contributed by atoms with E-state index in [1.807, 2.05) is 18.2 Å². The van der Waals surface area contributed by atoms with Gasteiger partial charge >= 0.3 is 6.09 Å². The van der Waals surface area contributed by atoms with E-state index in [1.54, 1.807) is 52.1 Å². The Kier molecular flexibility index (Phi) is 8.73. The standard InChI is InChI=1S/C30H36N8O5/c1-30(2,3)43-29(40)33-20-7-6-8-22(15-20)38-26(39)18-31-24-17-32-28(35-27(24)38)34-23-10-9-21(16-25(23)42-19-41-5)37-13-11-36(4)12-14-37/h6-10,15-18H,11-14,19H2,1-5H3,(H,33,40)(H,32,34,35). The molecule has 2 aromatic heterocycles. The van der Waals surface area contributed by atoms with Gasteiger partial charge in [0.2, 0.25) is 5.95 Å². The molecule has 0 saturated carbocycles. The van der Waals surface area contributed by atoms with Gasteiger partial charge in [0.25, 0.3) is 5.56 Å². The summed E-state index contributed by atoms with van der Waals surface area (Å²) in [7, 11) is 3.68. The number of nitrogens with one attached hydrogen (secondary N) is 2. The van der Waals surface area contributed by atoms with Gasteiger partial charge < -0.3 is 29.3 Å². The summed E-state index contributed by atoms with van der Waals surface area (Å²) in [6.07, 6.45) is 2.15. The summed E-state index contributed by atoms with van der Waals surface area (Å²) in [6, 6.07) is 12.7. The first-order valence-corrected chi connectivity index (χ1v) is 13.9. The molecule has 2 aromatic carbocycles. The second-order valence-electron chi connectivity index (χ2n) is 11.2. The Labute approximate surface area is 249 Å². The van der Waals surface area contributed by atoms with E-state index in [0.717, 1.165) is 31.9 Å². The van der Waals surface area contributed by atoms with E-state index in [1.165, 1.54) is 17.0 Å². The normalized spacial score (nSPS) is 14.0. The number of piperazine rings is 1. The fourth-order valence-electron chi connectivity index (χ4n) is 4.60. The molecule has 1 fully saturated rings. The average molecular weight is 589 g/mol. The van der Waals surface area contributed by atoms with Crippen LogP contribution in [0, 0.1) is 0 Å². The van der Waals surface area contributed by atoms with Gasteiger partial charge in [0.15, 0.2) is 12.4 Å². The van der Waals surface area contributed by atoms with Crippen molar-refractivity contribution in [3.63, 3.8) is 0 Å². The van der Waals surface area contributed by atoms with Crippen LogP contribution in [0.15, 0.2) is 59.7 Å². The topological polar surface area (TPSA) is 136 Å². The molecule has 0 unspecified atom stereocenters. The van der Waals surface area contributed by atoms with Crippen LogP contribution in [0.5, 0.6) is 5.75 Å². The average Bonchev–Trinajstić information content (AvgIpc) is 2.96. The van der Waals surface area contributed by atoms with Gasteiger partial charge in [-0.3, -0.25) is 14.7 Å². The van der Waals surface area contributed by atoms with Crippen molar-refractivity contribution < 1.29 is 19.0 Å². The van der Waals surface area contributed by atoms with Crippen molar-refractivity contribution in [3.05, 3.63) is 65.2 Å². The van der Waals surface area contributed by atoms with E-state index in [0.29, 0.717) is 28.3 Å². The van der Waals surface area contributed by atoms with Crippen LogP contribution < -0.4 is 25.8 Å². The maximum Gasteiger partial charge on any atom is 0.412 e. The number of benzene rings is 2. The third kappa shape index (κ3) is 7.37. The fraction of sp³-hybridized carbons (Fsp3) is 0.367. The second-order valence-corrected chi connectivity index (χ2v) is 11.2. The van der Waals surface area contributed by atoms with Crippen LogP contribution >= 0.6 is 0 Å². The van der Waals surface area contributed by atoms with Gasteiger partial charge in [0.05, 0.1) is 23.8 Å². The van der Waals surface area contributed by atoms with Crippen LogP contribution in [0.1, 0.15) is 20.8 Å². The predicted molar refractivity (Wildman–Crippen MR) is 165 cm³/mol. The van der Waals surface area contributed by atoms with Gasteiger partial charge in [-0.1, -0.05) is 6.07 Å². The smallest absolute Gasteiger partial charge is 0.412 e. The first-order valence-electron chi connectivity index (χ1n) is 13.9. The molecule has 0 spiro atoms. The molecule has 43 heavy (non-hydrogen) atoms. The number of hydrogen-bond donors (Lipinski definition) is 2. The summed E-state index contributed by atoms with van der Waals surface area (Å²) in [6.45, 7) is 9.21. The van der Waals surface area contributed by atoms with Gasteiger partial charge in [0, 0.05) is 50.7 Å². The molecule has 4 aromatic rings. The van der Waals surface area contributed by atoms with E-state index in [4.69, 9.17) is 14.2 Å². The summed E-state index contributed by atoms with van der Waals surface area (Å²) in [5.41, 5.74) is 2.27. The van der Waals surface area contributed by atoms with E-state index in [9.17, 15) is 9.59 Å². The van der Waals surface area contributed by atoms with Crippen molar-refractivity contribution in [1.82, 2.24) is 24.4 Å². The molecule has 3 heterocycles. The molecule has 13 heteroatoms. The van der Waals surface area contributed by atoms with Crippen molar-refractivity contribution in [2.24, 2.45) is 0 Å². The lowest BCUT2D eigenvalue weighted by Crippen LogP contribution is -2.44. The highest BCUT2D eigenvalue weighted by atomic mass is 16.7. The minimum atomic E-state index is -0.653. The highest BCUT2D eigenvalue weighted by Gasteiger charge is 2.19. The first kappa shape index (κ1) is 29.7. The third-order valence-corrected chi connectivity index (χ3v) is 6.66. The molecule has 1 saturated heterocycles. The van der Waals surface area contributed by atoms with Crippen molar-refractivity contribution in [3.8, 4) is 11.4 Å². The lowest BCUT2D eigenvalue weighted by atomic mass is 10.2. The number of aromatic nitrogens is 4. The third-order valence-electron chi connectivity index (χ3n) is 6.66. The van der Waals surface area contributed by atoms with Crippen LogP contribution in [0.3, 0.4) is 0 Å². The lowest BCUT2D eigenvalue weighted by Gasteiger charge is -2.34. The Morgan fingerprint density at radius 2 is 1.79 bits per heavy atom. The zero-order chi connectivity index (χ0) is 30.6. The van der Waals surface area contributed by atoms with E-state index >= 15 is 0 Å². The van der Waals surface area contributed by atoms with Gasteiger partial charge in [0.1, 0.15) is 16.9 Å². The highest BCUT2D eigenvalue weighted by molar-refractivity contribution is 5.85. The van der Waals surface area contributed by atoms with Crippen molar-refractivity contribution >= 4 is 40.3 Å². The number of nitrogens with zero attached hydrogens (tertiary/aromatic N) is 6. The molecule has 0 atom stereocenters. The second kappa shape index (κ2) is 12.6. The quantitative estimate of drug-likeness (QED) is 0.289. The van der Waals surface area contributed by atoms with Crippen LogP contribution in [-0.4, -0.2) is 83.2 Å². The van der Waals surface area contributed by atoms with Gasteiger partial charge in [-0.25, -0.2) is 14.8 Å². The Morgan fingerprint density at radius 3 is 2.53 bits per heavy atom. The Bertz CT molecular complexity index is 1660. The zero-order valence-electron chi connectivity index (χ0n) is 25.0. The minimum absolute atomic E-state index is 0.0661. The number of carbonyl (C=O) groups excluding carboxylic acids is 1. The molecule has 1 amide bonds. The summed E-state index contributed by atoms with van der Waals surface area (Å²) in [5, 5.41) is 5.93. The van der Waals surface area contributed by atoms with Crippen LogP contribution in [0.2, 0.25) is 0 Å². The van der Waals surface area contributed by atoms with Gasteiger partial charge in [-0.05, 0) is 58.2 Å². The minimum Gasteiger partial charge on any atom is -0.465 e.